The maximum absolute atomic E-state index is 5.34. The summed E-state index contributed by atoms with van der Waals surface area (Å²) in [5, 5.41) is 0. The quantitative estimate of drug-likeness (QED) is 0.464. The third kappa shape index (κ3) is 6.97. The summed E-state index contributed by atoms with van der Waals surface area (Å²) in [6.07, 6.45) is 15.2. The molecule has 0 unspecified atom stereocenters. The Labute approximate surface area is 186 Å². The minimum Gasteiger partial charge on any atom is -0.501 e. The highest BCUT2D eigenvalue weighted by atomic mass is 16.5. The molecule has 0 spiro atoms. The van der Waals surface area contributed by atoms with Crippen LogP contribution in [0.2, 0.25) is 0 Å². The van der Waals surface area contributed by atoms with Crippen LogP contribution in [0.5, 0.6) is 0 Å². The number of hydrogen-bond acceptors (Lipinski definition) is 6. The Balaban J connectivity index is 1.66. The average Bonchev–Trinajstić information content (AvgIpc) is 2.79. The lowest BCUT2D eigenvalue weighted by molar-refractivity contribution is 0.284. The molecule has 31 heavy (non-hydrogen) atoms. The molecule has 0 bridgehead atoms. The Kier molecular flexibility index (Phi) is 8.74. The molecule has 3 heterocycles. The molecule has 1 aromatic heterocycles. The highest BCUT2D eigenvalue weighted by Crippen LogP contribution is 2.21. The van der Waals surface area contributed by atoms with E-state index in [9.17, 15) is 0 Å². The number of ether oxygens (including phenoxy) is 1. The van der Waals surface area contributed by atoms with Crippen molar-refractivity contribution in [1.29, 1.82) is 0 Å². The van der Waals surface area contributed by atoms with E-state index in [4.69, 9.17) is 4.74 Å². The van der Waals surface area contributed by atoms with Crippen molar-refractivity contribution in [2.24, 2.45) is 4.99 Å². The molecular weight excluding hydrogens is 386 g/mol. The second-order valence-electron chi connectivity index (χ2n) is 8.12. The van der Waals surface area contributed by atoms with Crippen LogP contribution in [-0.4, -0.2) is 65.8 Å². The first-order valence-corrected chi connectivity index (χ1v) is 11.1. The predicted octanol–water partition coefficient (Wildman–Crippen LogP) is 4.24. The fourth-order valence-electron chi connectivity index (χ4n) is 3.68. The molecule has 0 fully saturated rings. The Morgan fingerprint density at radius 3 is 2.74 bits per heavy atom. The predicted molar refractivity (Wildman–Crippen MR) is 128 cm³/mol. The Morgan fingerprint density at radius 2 is 2.06 bits per heavy atom. The summed E-state index contributed by atoms with van der Waals surface area (Å²) in [6.45, 7) is 8.85. The zero-order valence-corrected chi connectivity index (χ0v) is 19.3. The van der Waals surface area contributed by atoms with Crippen LogP contribution in [0.3, 0.4) is 0 Å². The van der Waals surface area contributed by atoms with Crippen LogP contribution in [0.15, 0.2) is 59.2 Å². The lowest BCUT2D eigenvalue weighted by Gasteiger charge is -2.26. The van der Waals surface area contributed by atoms with Gasteiger partial charge in [0.25, 0.3) is 0 Å². The van der Waals surface area contributed by atoms with Crippen LogP contribution in [0.25, 0.3) is 5.57 Å². The van der Waals surface area contributed by atoms with Gasteiger partial charge in [0.1, 0.15) is 6.33 Å². The Hall–Kier alpha value is -2.57. The molecule has 2 aliphatic heterocycles. The monoisotopic (exact) mass is 421 g/mol. The molecule has 2 aliphatic rings. The molecule has 0 atom stereocenters. The molecule has 0 N–H and O–H groups in total. The van der Waals surface area contributed by atoms with Crippen molar-refractivity contribution >= 4 is 11.3 Å². The van der Waals surface area contributed by atoms with E-state index in [1.165, 1.54) is 11.1 Å². The highest BCUT2D eigenvalue weighted by molar-refractivity contribution is 6.09. The summed E-state index contributed by atoms with van der Waals surface area (Å²) < 4.78 is 5.34. The van der Waals surface area contributed by atoms with E-state index in [-0.39, 0.29) is 0 Å². The molecule has 0 amide bonds. The minimum atomic E-state index is 0.835. The second kappa shape index (κ2) is 11.7. The van der Waals surface area contributed by atoms with Crippen molar-refractivity contribution < 1.29 is 4.74 Å². The fraction of sp³-hybridized carbons (Fsp3) is 0.480. The fourth-order valence-corrected chi connectivity index (χ4v) is 3.68. The van der Waals surface area contributed by atoms with E-state index < -0.39 is 0 Å². The molecule has 0 saturated carbocycles. The topological polar surface area (TPSA) is 53.9 Å². The van der Waals surface area contributed by atoms with E-state index in [1.807, 2.05) is 19.2 Å². The lowest BCUT2D eigenvalue weighted by atomic mass is 10.0. The van der Waals surface area contributed by atoms with Gasteiger partial charge in [-0.2, -0.15) is 0 Å². The number of aromatic nitrogens is 2. The van der Waals surface area contributed by atoms with Gasteiger partial charge in [-0.3, -0.25) is 9.89 Å². The zero-order chi connectivity index (χ0) is 22.1. The Bertz CT molecular complexity index is 897. The zero-order valence-electron chi connectivity index (χ0n) is 19.3. The van der Waals surface area contributed by atoms with E-state index in [1.54, 1.807) is 13.4 Å². The number of nitrogens with zero attached hydrogens (tertiary/aromatic N) is 5. The number of aliphatic imine (C=N–C) groups is 1. The molecule has 0 aromatic carbocycles. The van der Waals surface area contributed by atoms with Gasteiger partial charge in [-0.25, -0.2) is 9.97 Å². The van der Waals surface area contributed by atoms with Crippen molar-refractivity contribution in [3.05, 3.63) is 65.6 Å². The van der Waals surface area contributed by atoms with Gasteiger partial charge in [-0.05, 0) is 50.4 Å². The molecule has 166 valence electrons. The van der Waals surface area contributed by atoms with Crippen molar-refractivity contribution in [2.75, 3.05) is 40.3 Å². The molecule has 1 aromatic rings. The van der Waals surface area contributed by atoms with Gasteiger partial charge in [0.15, 0.2) is 0 Å². The summed E-state index contributed by atoms with van der Waals surface area (Å²) in [7, 11) is 3.85. The summed E-state index contributed by atoms with van der Waals surface area (Å²) in [4.78, 5) is 18.5. The van der Waals surface area contributed by atoms with E-state index in [0.717, 1.165) is 74.8 Å². The van der Waals surface area contributed by atoms with E-state index >= 15 is 0 Å². The SMILES string of the molecule is CC/C=C/N=C(/C=C(\C)OC)C1=CCN(Cc2cc(C3=CCN(C)CC3)ncn2)CC1. The van der Waals surface area contributed by atoms with Gasteiger partial charge in [0.05, 0.1) is 30.0 Å². The van der Waals surface area contributed by atoms with Gasteiger partial charge in [-0.15, -0.1) is 0 Å². The van der Waals surface area contributed by atoms with Crippen LogP contribution in [0.4, 0.5) is 0 Å². The summed E-state index contributed by atoms with van der Waals surface area (Å²) in [6, 6.07) is 2.16. The van der Waals surface area contributed by atoms with Crippen LogP contribution >= 0.6 is 0 Å². The van der Waals surface area contributed by atoms with Gasteiger partial charge in [0, 0.05) is 45.0 Å². The Morgan fingerprint density at radius 1 is 1.19 bits per heavy atom. The lowest BCUT2D eigenvalue weighted by Crippen LogP contribution is -2.30. The van der Waals surface area contributed by atoms with Gasteiger partial charge >= 0.3 is 0 Å². The first kappa shape index (κ1) is 23.1. The van der Waals surface area contributed by atoms with E-state index in [0.29, 0.717) is 0 Å². The van der Waals surface area contributed by atoms with Crippen LogP contribution in [-0.2, 0) is 11.3 Å². The molecule has 0 saturated heterocycles. The minimum absolute atomic E-state index is 0.835. The molecule has 3 rings (SSSR count). The second-order valence-corrected chi connectivity index (χ2v) is 8.12. The van der Waals surface area contributed by atoms with Gasteiger partial charge < -0.3 is 9.64 Å². The van der Waals surface area contributed by atoms with Crippen molar-refractivity contribution in [3.8, 4) is 0 Å². The van der Waals surface area contributed by atoms with Crippen molar-refractivity contribution in [1.82, 2.24) is 19.8 Å². The average molecular weight is 422 g/mol. The summed E-state index contributed by atoms with van der Waals surface area (Å²) >= 11 is 0. The highest BCUT2D eigenvalue weighted by Gasteiger charge is 2.17. The number of likely N-dealkylation sites (N-methyl/N-ethyl adjacent to an activating group) is 1. The summed E-state index contributed by atoms with van der Waals surface area (Å²) in [5.74, 6) is 0.865. The number of methoxy groups -OCH3 is 1. The number of rotatable bonds is 8. The smallest absolute Gasteiger partial charge is 0.116 e. The normalized spacial score (nSPS) is 19.5. The van der Waals surface area contributed by atoms with Crippen LogP contribution < -0.4 is 0 Å². The maximum Gasteiger partial charge on any atom is 0.116 e. The largest absolute Gasteiger partial charge is 0.501 e. The molecule has 0 aliphatic carbocycles. The van der Waals surface area contributed by atoms with Crippen molar-refractivity contribution in [2.45, 2.75) is 39.7 Å². The third-order valence-corrected chi connectivity index (χ3v) is 5.69. The molecular formula is C25H35N5O. The third-order valence-electron chi connectivity index (χ3n) is 5.69. The first-order valence-electron chi connectivity index (χ1n) is 11.1. The van der Waals surface area contributed by atoms with E-state index in [2.05, 4.69) is 63.0 Å². The van der Waals surface area contributed by atoms with Gasteiger partial charge in [0.2, 0.25) is 0 Å². The standard InChI is InChI=1S/C25H35N5O/c1-5-6-11-26-24(16-20(2)31-4)22-9-14-30(15-10-22)18-23-17-25(28-19-27-23)21-7-12-29(3)13-8-21/h6-7,9,11,16-17,19H,5,8,10,12-15,18H2,1-4H3/b11-6+,20-16+,26-24-. The maximum atomic E-state index is 5.34. The first-order chi connectivity index (χ1) is 15.1. The molecule has 6 nitrogen and oxygen atoms in total. The van der Waals surface area contributed by atoms with Crippen molar-refractivity contribution in [3.63, 3.8) is 0 Å². The van der Waals surface area contributed by atoms with Crippen LogP contribution in [0, 0.1) is 0 Å². The molecule has 6 heteroatoms. The number of allylic oxidation sites excluding steroid dienone is 3. The number of hydrogen-bond donors (Lipinski definition) is 0. The summed E-state index contributed by atoms with van der Waals surface area (Å²) in [5.41, 5.74) is 5.75. The molecule has 0 radical (unpaired) electrons. The van der Waals surface area contributed by atoms with Gasteiger partial charge in [-0.1, -0.05) is 25.2 Å². The van der Waals surface area contributed by atoms with Crippen LogP contribution in [0.1, 0.15) is 44.5 Å².